The van der Waals surface area contributed by atoms with Gasteiger partial charge in [0, 0.05) is 19.2 Å². The van der Waals surface area contributed by atoms with Gasteiger partial charge in [0.05, 0.1) is 0 Å². The SMILES string of the molecule is CCNc1cc(=O)n(CC)c(=O)[nH]1. The van der Waals surface area contributed by atoms with E-state index in [9.17, 15) is 9.59 Å². The summed E-state index contributed by atoms with van der Waals surface area (Å²) in [7, 11) is 0. The highest BCUT2D eigenvalue weighted by Crippen LogP contribution is 1.91. The average Bonchev–Trinajstić information content (AvgIpc) is 2.04. The zero-order chi connectivity index (χ0) is 9.84. The Bertz CT molecular complexity index is 360. The Kier molecular flexibility index (Phi) is 2.89. The molecular formula is C8H13N3O2. The van der Waals surface area contributed by atoms with Crippen LogP contribution in [0.15, 0.2) is 15.7 Å². The molecule has 0 aliphatic rings. The van der Waals surface area contributed by atoms with Crippen molar-refractivity contribution in [3.63, 3.8) is 0 Å². The summed E-state index contributed by atoms with van der Waals surface area (Å²) >= 11 is 0. The Hall–Kier alpha value is -1.52. The molecule has 5 nitrogen and oxygen atoms in total. The van der Waals surface area contributed by atoms with Gasteiger partial charge in [0.2, 0.25) is 0 Å². The molecule has 1 aromatic heterocycles. The summed E-state index contributed by atoms with van der Waals surface area (Å²) in [6.45, 7) is 4.71. The van der Waals surface area contributed by atoms with Crippen LogP contribution < -0.4 is 16.6 Å². The van der Waals surface area contributed by atoms with Gasteiger partial charge in [0.25, 0.3) is 5.56 Å². The van der Waals surface area contributed by atoms with Gasteiger partial charge in [-0.1, -0.05) is 0 Å². The average molecular weight is 183 g/mol. The van der Waals surface area contributed by atoms with Crippen LogP contribution in [-0.2, 0) is 6.54 Å². The minimum absolute atomic E-state index is 0.276. The third kappa shape index (κ3) is 1.99. The fourth-order valence-corrected chi connectivity index (χ4v) is 1.11. The Morgan fingerprint density at radius 1 is 1.46 bits per heavy atom. The summed E-state index contributed by atoms with van der Waals surface area (Å²) in [5, 5.41) is 2.87. The quantitative estimate of drug-likeness (QED) is 0.692. The number of H-pyrrole nitrogens is 1. The predicted molar refractivity (Wildman–Crippen MR) is 51.2 cm³/mol. The van der Waals surface area contributed by atoms with Crippen molar-refractivity contribution >= 4 is 5.82 Å². The second-order valence-electron chi connectivity index (χ2n) is 2.60. The van der Waals surface area contributed by atoms with E-state index in [-0.39, 0.29) is 11.2 Å². The van der Waals surface area contributed by atoms with Crippen LogP contribution in [0, 0.1) is 0 Å². The van der Waals surface area contributed by atoms with E-state index in [0.29, 0.717) is 18.9 Å². The molecule has 0 aliphatic heterocycles. The molecule has 0 aromatic carbocycles. The number of aromatic amines is 1. The Balaban J connectivity index is 3.21. The van der Waals surface area contributed by atoms with Crippen molar-refractivity contribution in [2.75, 3.05) is 11.9 Å². The lowest BCUT2D eigenvalue weighted by Gasteiger charge is -2.04. The first-order valence-corrected chi connectivity index (χ1v) is 4.27. The maximum atomic E-state index is 11.3. The largest absolute Gasteiger partial charge is 0.372 e. The number of aromatic nitrogens is 2. The molecule has 0 saturated carbocycles. The van der Waals surface area contributed by atoms with Gasteiger partial charge in [0.1, 0.15) is 5.82 Å². The fraction of sp³-hybridized carbons (Fsp3) is 0.500. The number of hydrogen-bond donors (Lipinski definition) is 2. The van der Waals surface area contributed by atoms with Crippen molar-refractivity contribution < 1.29 is 0 Å². The van der Waals surface area contributed by atoms with Crippen molar-refractivity contribution in [3.05, 3.63) is 26.9 Å². The summed E-state index contributed by atoms with van der Waals surface area (Å²) < 4.78 is 1.14. The van der Waals surface area contributed by atoms with Crippen molar-refractivity contribution in [3.8, 4) is 0 Å². The first-order chi connectivity index (χ1) is 6.19. The van der Waals surface area contributed by atoms with Gasteiger partial charge in [0.15, 0.2) is 0 Å². The van der Waals surface area contributed by atoms with Gasteiger partial charge in [-0.3, -0.25) is 14.3 Å². The number of nitrogens with one attached hydrogen (secondary N) is 2. The van der Waals surface area contributed by atoms with E-state index < -0.39 is 0 Å². The summed E-state index contributed by atoms with van der Waals surface area (Å²) in [6, 6.07) is 1.38. The van der Waals surface area contributed by atoms with Crippen LogP contribution in [0.25, 0.3) is 0 Å². The second kappa shape index (κ2) is 3.93. The standard InChI is InChI=1S/C8H13N3O2/c1-3-9-6-5-7(12)11(4-2)8(13)10-6/h5,9H,3-4H2,1-2H3,(H,10,13). The predicted octanol–water partition coefficient (Wildman–Crippen LogP) is -0.0117. The van der Waals surface area contributed by atoms with E-state index in [4.69, 9.17) is 0 Å². The zero-order valence-corrected chi connectivity index (χ0v) is 7.76. The van der Waals surface area contributed by atoms with Crippen LogP contribution in [0.4, 0.5) is 5.82 Å². The summed E-state index contributed by atoms with van der Waals surface area (Å²) in [5.41, 5.74) is -0.645. The minimum Gasteiger partial charge on any atom is -0.372 e. The molecule has 1 rings (SSSR count). The first-order valence-electron chi connectivity index (χ1n) is 4.27. The molecule has 0 fully saturated rings. The lowest BCUT2D eigenvalue weighted by molar-refractivity contribution is 0.674. The van der Waals surface area contributed by atoms with E-state index >= 15 is 0 Å². The van der Waals surface area contributed by atoms with Crippen LogP contribution >= 0.6 is 0 Å². The highest BCUT2D eigenvalue weighted by Gasteiger charge is 2.00. The van der Waals surface area contributed by atoms with E-state index in [2.05, 4.69) is 10.3 Å². The van der Waals surface area contributed by atoms with Crippen molar-refractivity contribution in [2.24, 2.45) is 0 Å². The number of anilines is 1. The molecule has 2 N–H and O–H groups in total. The first kappa shape index (κ1) is 9.57. The van der Waals surface area contributed by atoms with E-state index in [1.165, 1.54) is 6.07 Å². The van der Waals surface area contributed by atoms with E-state index in [0.717, 1.165) is 4.57 Å². The number of nitrogens with zero attached hydrogens (tertiary/aromatic N) is 1. The molecule has 0 amide bonds. The Morgan fingerprint density at radius 3 is 2.62 bits per heavy atom. The highest BCUT2D eigenvalue weighted by atomic mass is 16.2. The third-order valence-electron chi connectivity index (χ3n) is 1.70. The normalized spacial score (nSPS) is 10.0. The lowest BCUT2D eigenvalue weighted by atomic mass is 10.5. The molecule has 0 unspecified atom stereocenters. The summed E-state index contributed by atoms with van der Waals surface area (Å²) in [6.07, 6.45) is 0. The van der Waals surface area contributed by atoms with Gasteiger partial charge < -0.3 is 5.32 Å². The molecule has 1 heterocycles. The molecule has 13 heavy (non-hydrogen) atoms. The van der Waals surface area contributed by atoms with Crippen molar-refractivity contribution in [1.82, 2.24) is 9.55 Å². The summed E-state index contributed by atoms with van der Waals surface area (Å²) in [5.74, 6) is 0.474. The third-order valence-corrected chi connectivity index (χ3v) is 1.70. The smallest absolute Gasteiger partial charge is 0.329 e. The number of rotatable bonds is 3. The molecule has 5 heteroatoms. The molecular weight excluding hydrogens is 170 g/mol. The van der Waals surface area contributed by atoms with E-state index in [1.54, 1.807) is 6.92 Å². The van der Waals surface area contributed by atoms with Crippen LogP contribution in [-0.4, -0.2) is 16.1 Å². The van der Waals surface area contributed by atoms with Crippen molar-refractivity contribution in [1.29, 1.82) is 0 Å². The van der Waals surface area contributed by atoms with Crippen LogP contribution in [0.1, 0.15) is 13.8 Å². The van der Waals surface area contributed by atoms with Gasteiger partial charge in [-0.05, 0) is 13.8 Å². The van der Waals surface area contributed by atoms with Crippen molar-refractivity contribution in [2.45, 2.75) is 20.4 Å². The lowest BCUT2D eigenvalue weighted by Crippen LogP contribution is -2.34. The molecule has 1 aromatic rings. The molecule has 0 radical (unpaired) electrons. The number of hydrogen-bond acceptors (Lipinski definition) is 3. The highest BCUT2D eigenvalue weighted by molar-refractivity contribution is 5.31. The molecule has 72 valence electrons. The Morgan fingerprint density at radius 2 is 2.15 bits per heavy atom. The second-order valence-corrected chi connectivity index (χ2v) is 2.60. The molecule has 0 bridgehead atoms. The fourth-order valence-electron chi connectivity index (χ4n) is 1.11. The van der Waals surface area contributed by atoms with Gasteiger partial charge >= 0.3 is 5.69 Å². The maximum absolute atomic E-state index is 11.3. The maximum Gasteiger partial charge on any atom is 0.329 e. The zero-order valence-electron chi connectivity index (χ0n) is 7.76. The molecule has 0 saturated heterocycles. The van der Waals surface area contributed by atoms with Crippen LogP contribution in [0.3, 0.4) is 0 Å². The van der Waals surface area contributed by atoms with Gasteiger partial charge in [-0.25, -0.2) is 4.79 Å². The Labute approximate surface area is 75.4 Å². The molecule has 0 aliphatic carbocycles. The summed E-state index contributed by atoms with van der Waals surface area (Å²) in [4.78, 5) is 25.1. The molecule has 0 atom stereocenters. The monoisotopic (exact) mass is 183 g/mol. The minimum atomic E-state index is -0.369. The van der Waals surface area contributed by atoms with Crippen LogP contribution in [0.5, 0.6) is 0 Å². The topological polar surface area (TPSA) is 66.9 Å². The molecule has 0 spiro atoms. The van der Waals surface area contributed by atoms with Gasteiger partial charge in [-0.2, -0.15) is 0 Å². The van der Waals surface area contributed by atoms with Crippen LogP contribution in [0.2, 0.25) is 0 Å². The van der Waals surface area contributed by atoms with Gasteiger partial charge in [-0.15, -0.1) is 0 Å². The van der Waals surface area contributed by atoms with E-state index in [1.807, 2.05) is 6.92 Å².